The molecule has 0 spiro atoms. The third-order valence-electron chi connectivity index (χ3n) is 3.28. The van der Waals surface area contributed by atoms with E-state index in [-0.39, 0.29) is 6.04 Å². The first-order chi connectivity index (χ1) is 7.81. The molecule has 1 aromatic rings. The lowest BCUT2D eigenvalue weighted by atomic mass is 10.1. The fourth-order valence-corrected chi connectivity index (χ4v) is 2.15. The van der Waals surface area contributed by atoms with E-state index in [0.29, 0.717) is 6.10 Å². The average molecular weight is 220 g/mol. The molecular weight excluding hydrogens is 200 g/mol. The predicted molar refractivity (Wildman–Crippen MR) is 64.6 cm³/mol. The van der Waals surface area contributed by atoms with Crippen molar-refractivity contribution < 1.29 is 4.74 Å². The molecule has 1 aliphatic rings. The summed E-state index contributed by atoms with van der Waals surface area (Å²) in [6, 6.07) is 4.33. The zero-order valence-corrected chi connectivity index (χ0v) is 10.1. The molecule has 88 valence electrons. The Morgan fingerprint density at radius 3 is 2.88 bits per heavy atom. The fraction of sp³-hybridized carbons (Fsp3) is 0.615. The molecule has 1 saturated carbocycles. The van der Waals surface area contributed by atoms with Gasteiger partial charge in [0.1, 0.15) is 6.10 Å². The number of pyridine rings is 1. The van der Waals surface area contributed by atoms with Crippen LogP contribution in [0, 0.1) is 0 Å². The lowest BCUT2D eigenvalue weighted by Crippen LogP contribution is -2.18. The van der Waals surface area contributed by atoms with Gasteiger partial charge in [0.2, 0.25) is 5.88 Å². The highest BCUT2D eigenvalue weighted by atomic mass is 16.5. The molecule has 16 heavy (non-hydrogen) atoms. The molecule has 0 radical (unpaired) electrons. The Bertz CT molecular complexity index is 334. The standard InChI is InChI=1S/C13H20N2O/c1-10(14-2)12-8-5-9-15-13(12)16-11-6-3-4-7-11/h5,8-11,14H,3-4,6-7H2,1-2H3. The van der Waals surface area contributed by atoms with Gasteiger partial charge in [0.15, 0.2) is 0 Å². The Labute approximate surface area is 97.2 Å². The van der Waals surface area contributed by atoms with Crippen molar-refractivity contribution in [3.63, 3.8) is 0 Å². The minimum atomic E-state index is 0.283. The summed E-state index contributed by atoms with van der Waals surface area (Å²) in [6.07, 6.45) is 7.09. The van der Waals surface area contributed by atoms with Crippen LogP contribution >= 0.6 is 0 Å². The van der Waals surface area contributed by atoms with Crippen molar-refractivity contribution in [3.05, 3.63) is 23.9 Å². The summed E-state index contributed by atoms with van der Waals surface area (Å²) in [5.41, 5.74) is 1.15. The molecule has 0 saturated heterocycles. The zero-order valence-electron chi connectivity index (χ0n) is 10.1. The molecule has 0 bridgehead atoms. The van der Waals surface area contributed by atoms with Gasteiger partial charge in [-0.3, -0.25) is 0 Å². The first kappa shape index (κ1) is 11.4. The van der Waals surface area contributed by atoms with Gasteiger partial charge in [-0.1, -0.05) is 6.07 Å². The van der Waals surface area contributed by atoms with Gasteiger partial charge < -0.3 is 10.1 Å². The van der Waals surface area contributed by atoms with E-state index in [1.165, 1.54) is 25.7 Å². The Kier molecular flexibility index (Phi) is 3.78. The number of ether oxygens (including phenoxy) is 1. The monoisotopic (exact) mass is 220 g/mol. The van der Waals surface area contributed by atoms with Crippen molar-refractivity contribution in [2.45, 2.75) is 44.8 Å². The number of hydrogen-bond acceptors (Lipinski definition) is 3. The maximum absolute atomic E-state index is 5.98. The van der Waals surface area contributed by atoms with E-state index >= 15 is 0 Å². The molecular formula is C13H20N2O. The van der Waals surface area contributed by atoms with E-state index < -0.39 is 0 Å². The molecule has 3 heteroatoms. The molecule has 0 aromatic carbocycles. The molecule has 0 aliphatic heterocycles. The summed E-state index contributed by atoms with van der Waals surface area (Å²) >= 11 is 0. The second kappa shape index (κ2) is 5.30. The van der Waals surface area contributed by atoms with Gasteiger partial charge in [-0.05, 0) is 45.7 Å². The predicted octanol–water partition coefficient (Wildman–Crippen LogP) is 2.68. The second-order valence-electron chi connectivity index (χ2n) is 4.43. The smallest absolute Gasteiger partial charge is 0.218 e. The van der Waals surface area contributed by atoms with E-state index in [9.17, 15) is 0 Å². The van der Waals surface area contributed by atoms with Crippen LogP contribution in [0.2, 0.25) is 0 Å². The molecule has 0 amide bonds. The quantitative estimate of drug-likeness (QED) is 0.847. The van der Waals surface area contributed by atoms with Crippen LogP contribution in [0.1, 0.15) is 44.2 Å². The van der Waals surface area contributed by atoms with E-state index in [1.54, 1.807) is 6.20 Å². The molecule has 3 nitrogen and oxygen atoms in total. The fourth-order valence-electron chi connectivity index (χ4n) is 2.15. The molecule has 1 unspecified atom stereocenters. The lowest BCUT2D eigenvalue weighted by Gasteiger charge is -2.18. The van der Waals surface area contributed by atoms with Crippen molar-refractivity contribution in [2.75, 3.05) is 7.05 Å². The molecule has 1 N–H and O–H groups in total. The summed E-state index contributed by atoms with van der Waals surface area (Å²) in [5, 5.41) is 3.23. The van der Waals surface area contributed by atoms with E-state index in [4.69, 9.17) is 4.74 Å². The van der Waals surface area contributed by atoms with Crippen LogP contribution in [0.3, 0.4) is 0 Å². The minimum Gasteiger partial charge on any atom is -0.474 e. The van der Waals surface area contributed by atoms with E-state index in [1.807, 2.05) is 13.1 Å². The maximum Gasteiger partial charge on any atom is 0.218 e. The van der Waals surface area contributed by atoms with Gasteiger partial charge >= 0.3 is 0 Å². The molecule has 2 rings (SSSR count). The molecule has 1 heterocycles. The third kappa shape index (κ3) is 2.53. The first-order valence-electron chi connectivity index (χ1n) is 6.10. The zero-order chi connectivity index (χ0) is 11.4. The van der Waals surface area contributed by atoms with Gasteiger partial charge in [-0.25, -0.2) is 4.98 Å². The second-order valence-corrected chi connectivity index (χ2v) is 4.43. The van der Waals surface area contributed by atoms with Crippen molar-refractivity contribution in [3.8, 4) is 5.88 Å². The lowest BCUT2D eigenvalue weighted by molar-refractivity contribution is 0.198. The highest BCUT2D eigenvalue weighted by Gasteiger charge is 2.19. The van der Waals surface area contributed by atoms with Gasteiger partial charge in [0.25, 0.3) is 0 Å². The molecule has 1 fully saturated rings. The summed E-state index contributed by atoms with van der Waals surface area (Å²) in [7, 11) is 1.96. The Morgan fingerprint density at radius 1 is 1.44 bits per heavy atom. The number of nitrogens with one attached hydrogen (secondary N) is 1. The number of nitrogens with zero attached hydrogens (tertiary/aromatic N) is 1. The maximum atomic E-state index is 5.98. The van der Waals surface area contributed by atoms with Crippen LogP contribution in [-0.4, -0.2) is 18.1 Å². The van der Waals surface area contributed by atoms with Crippen molar-refractivity contribution in [2.24, 2.45) is 0 Å². The van der Waals surface area contributed by atoms with Crippen molar-refractivity contribution >= 4 is 0 Å². The van der Waals surface area contributed by atoms with E-state index in [2.05, 4.69) is 23.3 Å². The van der Waals surface area contributed by atoms with Crippen LogP contribution in [0.4, 0.5) is 0 Å². The van der Waals surface area contributed by atoms with Crippen LogP contribution < -0.4 is 10.1 Å². The summed E-state index contributed by atoms with van der Waals surface area (Å²) in [4.78, 5) is 4.35. The SMILES string of the molecule is CNC(C)c1cccnc1OC1CCCC1. The number of hydrogen-bond donors (Lipinski definition) is 1. The summed E-state index contributed by atoms with van der Waals surface area (Å²) in [6.45, 7) is 2.12. The Morgan fingerprint density at radius 2 is 2.19 bits per heavy atom. The van der Waals surface area contributed by atoms with Gasteiger partial charge in [0.05, 0.1) is 0 Å². The Balaban J connectivity index is 2.12. The topological polar surface area (TPSA) is 34.2 Å². The van der Waals surface area contributed by atoms with Crippen LogP contribution in [0.15, 0.2) is 18.3 Å². The molecule has 1 atom stereocenters. The van der Waals surface area contributed by atoms with Crippen molar-refractivity contribution in [1.82, 2.24) is 10.3 Å². The largest absolute Gasteiger partial charge is 0.474 e. The van der Waals surface area contributed by atoms with Gasteiger partial charge in [-0.15, -0.1) is 0 Å². The van der Waals surface area contributed by atoms with Crippen LogP contribution in [0.25, 0.3) is 0 Å². The number of rotatable bonds is 4. The highest BCUT2D eigenvalue weighted by molar-refractivity contribution is 5.28. The molecule has 1 aromatic heterocycles. The van der Waals surface area contributed by atoms with Gasteiger partial charge in [0, 0.05) is 17.8 Å². The summed E-state index contributed by atoms with van der Waals surface area (Å²) < 4.78 is 5.98. The first-order valence-corrected chi connectivity index (χ1v) is 6.10. The third-order valence-corrected chi connectivity index (χ3v) is 3.28. The average Bonchev–Trinajstić information content (AvgIpc) is 2.82. The van der Waals surface area contributed by atoms with Gasteiger partial charge in [-0.2, -0.15) is 0 Å². The normalized spacial score (nSPS) is 18.6. The number of aromatic nitrogens is 1. The molecule has 1 aliphatic carbocycles. The van der Waals surface area contributed by atoms with Crippen LogP contribution in [-0.2, 0) is 0 Å². The van der Waals surface area contributed by atoms with E-state index in [0.717, 1.165) is 11.4 Å². The Hall–Kier alpha value is -1.09. The van der Waals surface area contributed by atoms with Crippen LogP contribution in [0.5, 0.6) is 5.88 Å². The highest BCUT2D eigenvalue weighted by Crippen LogP contribution is 2.27. The minimum absolute atomic E-state index is 0.283. The summed E-state index contributed by atoms with van der Waals surface area (Å²) in [5.74, 6) is 0.802. The van der Waals surface area contributed by atoms with Crippen molar-refractivity contribution in [1.29, 1.82) is 0 Å².